The quantitative estimate of drug-likeness (QED) is 0.905. The predicted molar refractivity (Wildman–Crippen MR) is 82.5 cm³/mol. The van der Waals surface area contributed by atoms with E-state index in [1.165, 1.54) is 0 Å². The number of para-hydroxylation sites is 1. The number of aryl methyl sites for hydroxylation is 1. The van der Waals surface area contributed by atoms with Crippen LogP contribution in [0.5, 0.6) is 5.75 Å². The molecule has 2 aliphatic heterocycles. The van der Waals surface area contributed by atoms with Gasteiger partial charge in [0.2, 0.25) is 0 Å². The molecule has 6 heteroatoms. The minimum absolute atomic E-state index is 0.0564. The Hall–Kier alpha value is -1.79. The van der Waals surface area contributed by atoms with Crippen molar-refractivity contribution < 1.29 is 19.4 Å². The fourth-order valence-electron chi connectivity index (χ4n) is 3.15. The number of rotatable bonds is 3. The maximum absolute atomic E-state index is 11.2. The summed E-state index contributed by atoms with van der Waals surface area (Å²) in [5.74, 6) is -0.199. The van der Waals surface area contributed by atoms with Crippen molar-refractivity contribution in [3.63, 3.8) is 0 Å². The van der Waals surface area contributed by atoms with Crippen LogP contribution in [0, 0.1) is 0 Å². The largest absolute Gasteiger partial charge is 0.479 e. The molecule has 1 aromatic carbocycles. The number of benzene rings is 1. The van der Waals surface area contributed by atoms with E-state index in [0.29, 0.717) is 12.2 Å². The zero-order chi connectivity index (χ0) is 15.7. The van der Waals surface area contributed by atoms with Gasteiger partial charge in [0.15, 0.2) is 6.10 Å². The minimum Gasteiger partial charge on any atom is -0.479 e. The predicted octanol–water partition coefficient (Wildman–Crippen LogP) is 1.19. The number of carboxylic acids is 1. The molecule has 1 N–H and O–H groups in total. The molecule has 2 atom stereocenters. The second kappa shape index (κ2) is 6.14. The fourth-order valence-corrected chi connectivity index (χ4v) is 3.15. The van der Waals surface area contributed by atoms with Gasteiger partial charge in [-0.25, -0.2) is 4.79 Å². The van der Waals surface area contributed by atoms with Crippen molar-refractivity contribution in [1.29, 1.82) is 0 Å². The zero-order valence-corrected chi connectivity index (χ0v) is 13.0. The number of fused-ring (bicyclic) bond motifs is 1. The van der Waals surface area contributed by atoms with Crippen molar-refractivity contribution in [2.75, 3.05) is 38.7 Å². The molecule has 0 spiro atoms. The Balaban J connectivity index is 1.93. The van der Waals surface area contributed by atoms with E-state index >= 15 is 0 Å². The van der Waals surface area contributed by atoms with Crippen molar-refractivity contribution in [1.82, 2.24) is 4.90 Å². The van der Waals surface area contributed by atoms with Crippen molar-refractivity contribution in [3.05, 3.63) is 23.8 Å². The van der Waals surface area contributed by atoms with Gasteiger partial charge in [-0.2, -0.15) is 0 Å². The maximum Gasteiger partial charge on any atom is 0.344 e. The van der Waals surface area contributed by atoms with Crippen molar-refractivity contribution >= 4 is 11.7 Å². The molecule has 1 saturated heterocycles. The average Bonchev–Trinajstić information content (AvgIpc) is 2.53. The van der Waals surface area contributed by atoms with Gasteiger partial charge in [0.25, 0.3) is 0 Å². The van der Waals surface area contributed by atoms with Gasteiger partial charge in [-0.15, -0.1) is 0 Å². The second-order valence-electron chi connectivity index (χ2n) is 5.89. The highest BCUT2D eigenvalue weighted by molar-refractivity contribution is 5.74. The van der Waals surface area contributed by atoms with Crippen LogP contribution in [0.3, 0.4) is 0 Å². The lowest BCUT2D eigenvalue weighted by Crippen LogP contribution is -2.53. The van der Waals surface area contributed by atoms with Gasteiger partial charge >= 0.3 is 5.97 Å². The highest BCUT2D eigenvalue weighted by Crippen LogP contribution is 2.38. The Bertz CT molecular complexity index is 563. The van der Waals surface area contributed by atoms with Gasteiger partial charge in [0.05, 0.1) is 5.69 Å². The molecule has 0 aromatic heterocycles. The van der Waals surface area contributed by atoms with Crippen molar-refractivity contribution in [2.45, 2.75) is 25.2 Å². The number of carbonyl (C=O) groups is 1. The van der Waals surface area contributed by atoms with E-state index in [4.69, 9.17) is 9.47 Å². The lowest BCUT2D eigenvalue weighted by molar-refractivity contribution is -0.145. The molecule has 1 aromatic rings. The molecule has 0 bridgehead atoms. The summed E-state index contributed by atoms with van der Waals surface area (Å²) in [5, 5.41) is 9.23. The van der Waals surface area contributed by atoms with E-state index in [2.05, 4.69) is 16.8 Å². The number of methoxy groups -OCH3 is 1. The number of hydrogen-bond acceptors (Lipinski definition) is 5. The van der Waals surface area contributed by atoms with Crippen LogP contribution < -0.4 is 9.64 Å². The number of ether oxygens (including phenoxy) is 2. The minimum atomic E-state index is -0.901. The number of likely N-dealkylation sites (N-methyl/N-ethyl adjacent to an activating group) is 1. The standard InChI is InChI=1S/C16H22N2O4/c1-17-8-9-18(14(10-17)21-2)12-5-3-4-11-6-7-13(16(19)20)22-15(11)12/h3-5,13-14H,6-10H2,1-2H3,(H,19,20). The van der Waals surface area contributed by atoms with Gasteiger partial charge in [0, 0.05) is 26.7 Å². The number of nitrogens with zero attached hydrogens (tertiary/aromatic N) is 2. The first kappa shape index (κ1) is 15.1. The highest BCUT2D eigenvalue weighted by Gasteiger charge is 2.32. The second-order valence-corrected chi connectivity index (χ2v) is 5.89. The lowest BCUT2D eigenvalue weighted by Gasteiger charge is -2.41. The Kier molecular flexibility index (Phi) is 4.22. The molecule has 120 valence electrons. The molecule has 3 rings (SSSR count). The fraction of sp³-hybridized carbons (Fsp3) is 0.562. The Morgan fingerprint density at radius 1 is 1.41 bits per heavy atom. The molecular weight excluding hydrogens is 284 g/mol. The van der Waals surface area contributed by atoms with Gasteiger partial charge in [0.1, 0.15) is 12.0 Å². The molecule has 22 heavy (non-hydrogen) atoms. The molecule has 0 saturated carbocycles. The first-order valence-corrected chi connectivity index (χ1v) is 7.59. The first-order valence-electron chi connectivity index (χ1n) is 7.59. The summed E-state index contributed by atoms with van der Waals surface area (Å²) in [7, 11) is 3.77. The van der Waals surface area contributed by atoms with Crippen LogP contribution in [0.15, 0.2) is 18.2 Å². The monoisotopic (exact) mass is 306 g/mol. The maximum atomic E-state index is 11.2. The molecular formula is C16H22N2O4. The molecule has 6 nitrogen and oxygen atoms in total. The smallest absolute Gasteiger partial charge is 0.344 e. The lowest BCUT2D eigenvalue weighted by atomic mass is 10.0. The number of aliphatic carboxylic acids is 1. The SMILES string of the molecule is COC1CN(C)CCN1c1cccc2c1OC(C(=O)O)CC2. The average molecular weight is 306 g/mol. The first-order chi connectivity index (χ1) is 10.6. The van der Waals surface area contributed by atoms with E-state index in [1.54, 1.807) is 7.11 Å². The van der Waals surface area contributed by atoms with E-state index in [0.717, 1.165) is 37.3 Å². The van der Waals surface area contributed by atoms with Crippen LogP contribution in [-0.4, -0.2) is 62.1 Å². The number of anilines is 1. The summed E-state index contributed by atoms with van der Waals surface area (Å²) in [6.07, 6.45) is 0.425. The summed E-state index contributed by atoms with van der Waals surface area (Å²) >= 11 is 0. The summed E-state index contributed by atoms with van der Waals surface area (Å²) in [4.78, 5) is 15.6. The van der Waals surface area contributed by atoms with Crippen LogP contribution in [0.25, 0.3) is 0 Å². The molecule has 0 aliphatic carbocycles. The number of carboxylic acid groups (broad SMARTS) is 1. The zero-order valence-electron chi connectivity index (χ0n) is 13.0. The van der Waals surface area contributed by atoms with Gasteiger partial charge in [-0.05, 0) is 31.5 Å². The molecule has 2 heterocycles. The van der Waals surface area contributed by atoms with Crippen LogP contribution in [0.2, 0.25) is 0 Å². The Labute approximate surface area is 130 Å². The molecule has 0 amide bonds. The van der Waals surface area contributed by atoms with Gasteiger partial charge in [-0.3, -0.25) is 0 Å². The Morgan fingerprint density at radius 2 is 2.23 bits per heavy atom. The van der Waals surface area contributed by atoms with Crippen LogP contribution in [0.1, 0.15) is 12.0 Å². The topological polar surface area (TPSA) is 62.2 Å². The van der Waals surface area contributed by atoms with Crippen molar-refractivity contribution in [3.8, 4) is 5.75 Å². The molecule has 1 fully saturated rings. The molecule has 2 aliphatic rings. The van der Waals surface area contributed by atoms with E-state index in [9.17, 15) is 9.90 Å². The molecule has 2 unspecified atom stereocenters. The van der Waals surface area contributed by atoms with E-state index < -0.39 is 12.1 Å². The highest BCUT2D eigenvalue weighted by atomic mass is 16.5. The van der Waals surface area contributed by atoms with E-state index in [-0.39, 0.29) is 6.23 Å². The van der Waals surface area contributed by atoms with Gasteiger partial charge in [-0.1, -0.05) is 12.1 Å². The summed E-state index contributed by atoms with van der Waals surface area (Å²) in [6.45, 7) is 2.57. The molecule has 0 radical (unpaired) electrons. The third kappa shape index (κ3) is 2.76. The Morgan fingerprint density at radius 3 is 2.95 bits per heavy atom. The van der Waals surface area contributed by atoms with E-state index in [1.807, 2.05) is 18.2 Å². The summed E-state index contributed by atoms with van der Waals surface area (Å²) < 4.78 is 11.4. The third-order valence-electron chi connectivity index (χ3n) is 4.41. The summed E-state index contributed by atoms with van der Waals surface area (Å²) in [5.41, 5.74) is 2.01. The van der Waals surface area contributed by atoms with Crippen molar-refractivity contribution in [2.24, 2.45) is 0 Å². The summed E-state index contributed by atoms with van der Waals surface area (Å²) in [6, 6.07) is 6.00. The normalized spacial score (nSPS) is 25.5. The number of piperazine rings is 1. The number of hydrogen-bond donors (Lipinski definition) is 1. The van der Waals surface area contributed by atoms with Crippen LogP contribution >= 0.6 is 0 Å². The third-order valence-corrected chi connectivity index (χ3v) is 4.41. The van der Waals surface area contributed by atoms with Gasteiger partial charge < -0.3 is 24.4 Å². The van der Waals surface area contributed by atoms with Crippen LogP contribution in [0.4, 0.5) is 5.69 Å². The van der Waals surface area contributed by atoms with Crippen LogP contribution in [-0.2, 0) is 16.0 Å².